The second kappa shape index (κ2) is 6.14. The summed E-state index contributed by atoms with van der Waals surface area (Å²) in [4.78, 5) is 11.4. The van der Waals surface area contributed by atoms with Gasteiger partial charge in [0.15, 0.2) is 10.8 Å². The first-order chi connectivity index (χ1) is 11.6. The Bertz CT molecular complexity index is 801. The number of hydrogen-bond acceptors (Lipinski definition) is 6. The van der Waals surface area contributed by atoms with E-state index in [1.54, 1.807) is 17.5 Å². The largest absolute Gasteiger partial charge is 0.387 e. The number of aliphatic hydroxyl groups excluding tert-OH is 1. The first-order valence-electron chi connectivity index (χ1n) is 8.27. The highest BCUT2D eigenvalue weighted by molar-refractivity contribution is 7.22. The van der Waals surface area contributed by atoms with Crippen LogP contribution >= 0.6 is 11.3 Å². The summed E-state index contributed by atoms with van der Waals surface area (Å²) in [5.41, 5.74) is 2.78. The van der Waals surface area contributed by atoms with Crippen LogP contribution in [0.1, 0.15) is 30.3 Å². The average molecular weight is 343 g/mol. The molecule has 1 aliphatic heterocycles. The minimum absolute atomic E-state index is 0.258. The van der Waals surface area contributed by atoms with E-state index in [9.17, 15) is 5.11 Å². The molecule has 0 aromatic carbocycles. The smallest absolute Gasteiger partial charge is 0.188 e. The van der Waals surface area contributed by atoms with Gasteiger partial charge < -0.3 is 10.0 Å². The number of aryl methyl sites for hydroxylation is 2. The lowest BCUT2D eigenvalue weighted by atomic mass is 9.89. The van der Waals surface area contributed by atoms with Crippen molar-refractivity contribution in [2.75, 3.05) is 18.0 Å². The average Bonchev–Trinajstić information content (AvgIpc) is 3.17. The molecular formula is C17H21N5OS. The maximum Gasteiger partial charge on any atom is 0.188 e. The molecule has 126 valence electrons. The third-order valence-electron chi connectivity index (χ3n) is 4.78. The number of piperidine rings is 1. The Kier molecular flexibility index (Phi) is 3.97. The van der Waals surface area contributed by atoms with Gasteiger partial charge in [-0.05, 0) is 37.8 Å². The molecular weight excluding hydrogens is 322 g/mol. The summed E-state index contributed by atoms with van der Waals surface area (Å²) >= 11 is 1.71. The second-order valence-corrected chi connectivity index (χ2v) is 7.36. The fourth-order valence-electron chi connectivity index (χ4n) is 3.41. The molecule has 1 atom stereocenters. The van der Waals surface area contributed by atoms with Gasteiger partial charge in [0.2, 0.25) is 0 Å². The predicted molar refractivity (Wildman–Crippen MR) is 95.3 cm³/mol. The summed E-state index contributed by atoms with van der Waals surface area (Å²) in [5, 5.41) is 16.0. The summed E-state index contributed by atoms with van der Waals surface area (Å²) in [5.74, 6) is 0.258. The fourth-order valence-corrected chi connectivity index (χ4v) is 4.49. The zero-order chi connectivity index (χ0) is 16.7. The zero-order valence-electron chi connectivity index (χ0n) is 13.9. The minimum Gasteiger partial charge on any atom is -0.387 e. The van der Waals surface area contributed by atoms with Crippen LogP contribution in [0.15, 0.2) is 24.4 Å². The highest BCUT2D eigenvalue weighted by Gasteiger charge is 2.28. The van der Waals surface area contributed by atoms with Crippen molar-refractivity contribution in [2.45, 2.75) is 25.9 Å². The van der Waals surface area contributed by atoms with Gasteiger partial charge in [-0.1, -0.05) is 17.4 Å². The Morgan fingerprint density at radius 3 is 2.75 bits per heavy atom. The van der Waals surface area contributed by atoms with Crippen LogP contribution in [0.5, 0.6) is 0 Å². The molecule has 7 heteroatoms. The van der Waals surface area contributed by atoms with Crippen LogP contribution in [0, 0.1) is 12.8 Å². The molecule has 0 aliphatic carbocycles. The number of pyridine rings is 1. The van der Waals surface area contributed by atoms with Crippen LogP contribution in [0.2, 0.25) is 0 Å². The molecule has 0 spiro atoms. The Labute approximate surface area is 144 Å². The Hall–Kier alpha value is -1.99. The first kappa shape index (κ1) is 15.5. The van der Waals surface area contributed by atoms with Crippen LogP contribution in [0.4, 0.5) is 5.13 Å². The molecule has 1 aliphatic rings. The molecule has 24 heavy (non-hydrogen) atoms. The highest BCUT2D eigenvalue weighted by Crippen LogP contribution is 2.35. The summed E-state index contributed by atoms with van der Waals surface area (Å²) in [6, 6.07) is 5.71. The lowest BCUT2D eigenvalue weighted by Crippen LogP contribution is -2.35. The SMILES string of the molecule is Cc1nn(C)c2nc(N3CCC(C(O)c4ccccn4)CC3)sc12. The molecule has 4 heterocycles. The molecule has 3 aromatic rings. The predicted octanol–water partition coefficient (Wildman–Crippen LogP) is 2.68. The molecule has 1 saturated heterocycles. The lowest BCUT2D eigenvalue weighted by Gasteiger charge is -2.33. The van der Waals surface area contributed by atoms with Crippen LogP contribution in [0.3, 0.4) is 0 Å². The molecule has 4 rings (SSSR count). The monoisotopic (exact) mass is 343 g/mol. The molecule has 1 unspecified atom stereocenters. The van der Waals surface area contributed by atoms with Crippen molar-refractivity contribution >= 4 is 26.8 Å². The molecule has 0 amide bonds. The Balaban J connectivity index is 1.46. The van der Waals surface area contributed by atoms with Crippen molar-refractivity contribution < 1.29 is 5.11 Å². The normalized spacial score (nSPS) is 17.5. The number of aromatic nitrogens is 4. The van der Waals surface area contributed by atoms with E-state index in [1.165, 1.54) is 4.70 Å². The van der Waals surface area contributed by atoms with E-state index in [2.05, 4.69) is 15.0 Å². The standard InChI is InChI=1S/C17H21N5OS/c1-11-15-16(21(2)20-11)19-17(24-15)22-9-6-12(7-10-22)14(23)13-5-3-4-8-18-13/h3-5,8,12,14,23H,6-7,9-10H2,1-2H3. The maximum atomic E-state index is 10.6. The van der Waals surface area contributed by atoms with Gasteiger partial charge in [0.1, 0.15) is 0 Å². The number of fused-ring (bicyclic) bond motifs is 1. The summed E-state index contributed by atoms with van der Waals surface area (Å²) in [6.07, 6.45) is 3.16. The summed E-state index contributed by atoms with van der Waals surface area (Å²) < 4.78 is 3.02. The zero-order valence-corrected chi connectivity index (χ0v) is 14.7. The van der Waals surface area contributed by atoms with Gasteiger partial charge in [0.25, 0.3) is 0 Å². The third-order valence-corrected chi connectivity index (χ3v) is 5.99. The van der Waals surface area contributed by atoms with Crippen molar-refractivity contribution in [3.63, 3.8) is 0 Å². The van der Waals surface area contributed by atoms with E-state index in [0.717, 1.165) is 48.1 Å². The van der Waals surface area contributed by atoms with Gasteiger partial charge in [0, 0.05) is 26.3 Å². The van der Waals surface area contributed by atoms with Crippen molar-refractivity contribution in [3.8, 4) is 0 Å². The molecule has 1 fully saturated rings. The van der Waals surface area contributed by atoms with Crippen LogP contribution in [-0.2, 0) is 7.05 Å². The molecule has 1 N–H and O–H groups in total. The van der Waals surface area contributed by atoms with Crippen LogP contribution in [0.25, 0.3) is 10.3 Å². The van der Waals surface area contributed by atoms with Gasteiger partial charge in [0.05, 0.1) is 22.2 Å². The van der Waals surface area contributed by atoms with Gasteiger partial charge >= 0.3 is 0 Å². The van der Waals surface area contributed by atoms with E-state index >= 15 is 0 Å². The molecule has 0 bridgehead atoms. The van der Waals surface area contributed by atoms with Crippen LogP contribution in [-0.4, -0.2) is 37.9 Å². The van der Waals surface area contributed by atoms with E-state index in [-0.39, 0.29) is 5.92 Å². The van der Waals surface area contributed by atoms with E-state index in [0.29, 0.717) is 0 Å². The molecule has 0 saturated carbocycles. The van der Waals surface area contributed by atoms with E-state index in [1.807, 2.05) is 36.9 Å². The van der Waals surface area contributed by atoms with E-state index in [4.69, 9.17) is 4.98 Å². The second-order valence-electron chi connectivity index (χ2n) is 6.38. The molecule has 3 aromatic heterocycles. The van der Waals surface area contributed by atoms with Crippen molar-refractivity contribution in [1.82, 2.24) is 19.7 Å². The molecule has 0 radical (unpaired) electrons. The highest BCUT2D eigenvalue weighted by atomic mass is 32.1. The number of rotatable bonds is 3. The molecule has 6 nitrogen and oxygen atoms in total. The maximum absolute atomic E-state index is 10.6. The topological polar surface area (TPSA) is 67.1 Å². The Morgan fingerprint density at radius 1 is 1.29 bits per heavy atom. The van der Waals surface area contributed by atoms with Crippen molar-refractivity contribution in [1.29, 1.82) is 0 Å². The number of nitrogens with zero attached hydrogens (tertiary/aromatic N) is 5. The van der Waals surface area contributed by atoms with Gasteiger partial charge in [-0.25, -0.2) is 9.67 Å². The number of hydrogen-bond donors (Lipinski definition) is 1. The van der Waals surface area contributed by atoms with E-state index < -0.39 is 6.10 Å². The third kappa shape index (κ3) is 2.67. The first-order valence-corrected chi connectivity index (χ1v) is 9.09. The fraction of sp³-hybridized carbons (Fsp3) is 0.471. The van der Waals surface area contributed by atoms with Crippen LogP contribution < -0.4 is 4.90 Å². The van der Waals surface area contributed by atoms with Gasteiger partial charge in [-0.15, -0.1) is 0 Å². The summed E-state index contributed by atoms with van der Waals surface area (Å²) in [6.45, 7) is 3.86. The lowest BCUT2D eigenvalue weighted by molar-refractivity contribution is 0.0891. The minimum atomic E-state index is -0.477. The van der Waals surface area contributed by atoms with Gasteiger partial charge in [-0.3, -0.25) is 4.98 Å². The summed E-state index contributed by atoms with van der Waals surface area (Å²) in [7, 11) is 1.94. The number of anilines is 1. The van der Waals surface area contributed by atoms with Crippen molar-refractivity contribution in [3.05, 3.63) is 35.8 Å². The Morgan fingerprint density at radius 2 is 2.08 bits per heavy atom. The number of aliphatic hydroxyl groups is 1. The quantitative estimate of drug-likeness (QED) is 0.792. The number of thiazole rings is 1. The van der Waals surface area contributed by atoms with Crippen molar-refractivity contribution in [2.24, 2.45) is 13.0 Å². The van der Waals surface area contributed by atoms with Gasteiger partial charge in [-0.2, -0.15) is 5.10 Å².